The summed E-state index contributed by atoms with van der Waals surface area (Å²) in [5.41, 5.74) is 6.10. The van der Waals surface area contributed by atoms with Crippen LogP contribution in [0, 0.1) is 0 Å². The van der Waals surface area contributed by atoms with Crippen molar-refractivity contribution in [1.29, 1.82) is 0 Å². The Balaban J connectivity index is 2.44. The molecule has 0 spiro atoms. The van der Waals surface area contributed by atoms with Crippen molar-refractivity contribution in [2.24, 2.45) is 5.73 Å². The summed E-state index contributed by atoms with van der Waals surface area (Å²) in [5.74, 6) is -0.538. The normalized spacial score (nSPS) is 12.4. The average Bonchev–Trinajstić information content (AvgIpc) is 2.20. The molecule has 1 aromatic carbocycles. The van der Waals surface area contributed by atoms with Crippen molar-refractivity contribution in [3.05, 3.63) is 35.9 Å². The van der Waals surface area contributed by atoms with Gasteiger partial charge in [-0.25, -0.2) is 0 Å². The fourth-order valence-electron chi connectivity index (χ4n) is 1.09. The Bertz CT molecular complexity index is 287. The molecule has 0 heterocycles. The zero-order valence-electron chi connectivity index (χ0n) is 7.81. The summed E-state index contributed by atoms with van der Waals surface area (Å²) >= 11 is 0. The van der Waals surface area contributed by atoms with Gasteiger partial charge in [0.25, 0.3) is 0 Å². The second-order valence-corrected chi connectivity index (χ2v) is 3.00. The third-order valence-electron chi connectivity index (χ3n) is 1.92. The molecule has 0 aliphatic carbocycles. The van der Waals surface area contributed by atoms with Crippen LogP contribution in [0.5, 0.6) is 0 Å². The molecule has 14 heavy (non-hydrogen) atoms. The summed E-state index contributed by atoms with van der Waals surface area (Å²) in [4.78, 5) is 10.8. The lowest BCUT2D eigenvalue weighted by Crippen LogP contribution is -2.43. The molecule has 0 fully saturated rings. The Morgan fingerprint density at radius 2 is 2.07 bits per heavy atom. The number of aliphatic hydroxyl groups is 1. The summed E-state index contributed by atoms with van der Waals surface area (Å²) in [6, 6.07) is 8.94. The van der Waals surface area contributed by atoms with Crippen LogP contribution in [0.1, 0.15) is 5.56 Å². The number of nitrogens with two attached hydrogens (primary N) is 1. The van der Waals surface area contributed by atoms with Gasteiger partial charge in [-0.2, -0.15) is 0 Å². The maximum Gasteiger partial charge on any atom is 0.236 e. The zero-order chi connectivity index (χ0) is 10.4. The molecule has 0 saturated carbocycles. The molecule has 0 aliphatic heterocycles. The van der Waals surface area contributed by atoms with Gasteiger partial charge < -0.3 is 10.8 Å². The summed E-state index contributed by atoms with van der Waals surface area (Å²) in [6.07, 6.45) is 0. The lowest BCUT2D eigenvalue weighted by Gasteiger charge is -2.11. The highest BCUT2D eigenvalue weighted by molar-refractivity contribution is 5.79. The molecule has 1 amide bonds. The van der Waals surface area contributed by atoms with E-state index in [-0.39, 0.29) is 6.61 Å². The molecule has 1 atom stereocenters. The van der Waals surface area contributed by atoms with Gasteiger partial charge in [0, 0.05) is 6.54 Å². The fraction of sp³-hybridized carbons (Fsp3) is 0.300. The van der Waals surface area contributed by atoms with Crippen LogP contribution in [-0.4, -0.2) is 23.7 Å². The van der Waals surface area contributed by atoms with E-state index in [0.717, 1.165) is 5.56 Å². The van der Waals surface area contributed by atoms with Gasteiger partial charge >= 0.3 is 0 Å². The monoisotopic (exact) mass is 194 g/mol. The van der Waals surface area contributed by atoms with E-state index in [1.165, 1.54) is 0 Å². The smallest absolute Gasteiger partial charge is 0.236 e. The van der Waals surface area contributed by atoms with Crippen molar-refractivity contribution in [3.63, 3.8) is 0 Å². The molecule has 4 heteroatoms. The first-order valence-corrected chi connectivity index (χ1v) is 4.41. The highest BCUT2D eigenvalue weighted by atomic mass is 16.3. The number of hydrogen-bond donors (Lipinski definition) is 3. The van der Waals surface area contributed by atoms with Gasteiger partial charge in [0.1, 0.15) is 6.04 Å². The van der Waals surface area contributed by atoms with Crippen molar-refractivity contribution in [2.75, 3.05) is 6.61 Å². The second kappa shape index (κ2) is 5.36. The topological polar surface area (TPSA) is 75.4 Å². The number of primary amides is 1. The van der Waals surface area contributed by atoms with Crippen molar-refractivity contribution >= 4 is 5.91 Å². The van der Waals surface area contributed by atoms with Crippen LogP contribution < -0.4 is 11.1 Å². The van der Waals surface area contributed by atoms with Crippen LogP contribution in [0.3, 0.4) is 0 Å². The summed E-state index contributed by atoms with van der Waals surface area (Å²) < 4.78 is 0. The minimum atomic E-state index is -0.671. The van der Waals surface area contributed by atoms with Gasteiger partial charge in [-0.05, 0) is 5.56 Å². The first kappa shape index (κ1) is 10.7. The van der Waals surface area contributed by atoms with Crippen LogP contribution in [0.4, 0.5) is 0 Å². The summed E-state index contributed by atoms with van der Waals surface area (Å²) in [7, 11) is 0. The van der Waals surface area contributed by atoms with Crippen LogP contribution in [0.25, 0.3) is 0 Å². The standard InChI is InChI=1S/C10H14N2O2/c11-10(14)9(7-13)12-6-8-4-2-1-3-5-8/h1-5,9,12-13H,6-7H2,(H2,11,14)/t9-/m1/s1. The molecule has 0 aromatic heterocycles. The van der Waals surface area contributed by atoms with E-state index in [1.807, 2.05) is 30.3 Å². The van der Waals surface area contributed by atoms with Crippen molar-refractivity contribution in [2.45, 2.75) is 12.6 Å². The number of hydrogen-bond acceptors (Lipinski definition) is 3. The zero-order valence-corrected chi connectivity index (χ0v) is 7.81. The largest absolute Gasteiger partial charge is 0.394 e. The molecule has 0 bridgehead atoms. The van der Waals surface area contributed by atoms with Gasteiger partial charge in [0.15, 0.2) is 0 Å². The second-order valence-electron chi connectivity index (χ2n) is 3.00. The van der Waals surface area contributed by atoms with Crippen molar-refractivity contribution < 1.29 is 9.90 Å². The van der Waals surface area contributed by atoms with Gasteiger partial charge in [0.2, 0.25) is 5.91 Å². The first-order chi connectivity index (χ1) is 6.74. The molecule has 1 rings (SSSR count). The highest BCUT2D eigenvalue weighted by Gasteiger charge is 2.12. The minimum Gasteiger partial charge on any atom is -0.394 e. The van der Waals surface area contributed by atoms with Gasteiger partial charge in [0.05, 0.1) is 6.61 Å². The molecular weight excluding hydrogens is 180 g/mol. The SMILES string of the molecule is NC(=O)[C@@H](CO)NCc1ccccc1. The maximum atomic E-state index is 10.8. The molecule has 0 saturated heterocycles. The van der Waals surface area contributed by atoms with E-state index in [1.54, 1.807) is 0 Å². The lowest BCUT2D eigenvalue weighted by molar-refractivity contribution is -0.120. The fourth-order valence-corrected chi connectivity index (χ4v) is 1.09. The Morgan fingerprint density at radius 3 is 2.57 bits per heavy atom. The van der Waals surface area contributed by atoms with Crippen LogP contribution in [0.15, 0.2) is 30.3 Å². The molecule has 1 aromatic rings. The van der Waals surface area contributed by atoms with Gasteiger partial charge in [-0.15, -0.1) is 0 Å². The number of rotatable bonds is 5. The molecule has 0 unspecified atom stereocenters. The molecule has 0 aliphatic rings. The van der Waals surface area contributed by atoms with E-state index in [2.05, 4.69) is 5.32 Å². The quantitative estimate of drug-likeness (QED) is 0.598. The lowest BCUT2D eigenvalue weighted by atomic mass is 10.2. The number of aliphatic hydroxyl groups excluding tert-OH is 1. The predicted molar refractivity (Wildman–Crippen MR) is 53.3 cm³/mol. The number of nitrogens with one attached hydrogen (secondary N) is 1. The van der Waals surface area contributed by atoms with E-state index in [0.29, 0.717) is 6.54 Å². The third kappa shape index (κ3) is 3.16. The maximum absolute atomic E-state index is 10.8. The van der Waals surface area contributed by atoms with E-state index < -0.39 is 11.9 Å². The number of benzene rings is 1. The Kier molecular flexibility index (Phi) is 4.10. The predicted octanol–water partition coefficient (Wildman–Crippen LogP) is -0.378. The van der Waals surface area contributed by atoms with E-state index in [9.17, 15) is 4.79 Å². The third-order valence-corrected chi connectivity index (χ3v) is 1.92. The van der Waals surface area contributed by atoms with Crippen LogP contribution in [0.2, 0.25) is 0 Å². The van der Waals surface area contributed by atoms with Crippen molar-refractivity contribution in [1.82, 2.24) is 5.32 Å². The van der Waals surface area contributed by atoms with Crippen LogP contribution >= 0.6 is 0 Å². The molecule has 4 nitrogen and oxygen atoms in total. The van der Waals surface area contributed by atoms with Crippen molar-refractivity contribution in [3.8, 4) is 0 Å². The number of carbonyl (C=O) groups is 1. The van der Waals surface area contributed by atoms with Gasteiger partial charge in [-0.3, -0.25) is 10.1 Å². The highest BCUT2D eigenvalue weighted by Crippen LogP contribution is 1.97. The molecule has 0 radical (unpaired) electrons. The summed E-state index contributed by atoms with van der Waals surface area (Å²) in [5, 5.41) is 11.7. The van der Waals surface area contributed by atoms with Gasteiger partial charge in [-0.1, -0.05) is 30.3 Å². The Hall–Kier alpha value is -1.39. The average molecular weight is 194 g/mol. The van der Waals surface area contributed by atoms with Crippen LogP contribution in [-0.2, 0) is 11.3 Å². The Labute approximate surface area is 82.7 Å². The molecular formula is C10H14N2O2. The summed E-state index contributed by atoms with van der Waals surface area (Å²) in [6.45, 7) is 0.247. The van der Waals surface area contributed by atoms with E-state index in [4.69, 9.17) is 10.8 Å². The number of carbonyl (C=O) groups excluding carboxylic acids is 1. The first-order valence-electron chi connectivity index (χ1n) is 4.41. The molecule has 76 valence electrons. The Morgan fingerprint density at radius 1 is 1.43 bits per heavy atom. The minimum absolute atomic E-state index is 0.276. The molecule has 4 N–H and O–H groups in total. The number of amides is 1. The van der Waals surface area contributed by atoms with E-state index >= 15 is 0 Å².